The Kier molecular flexibility index (Phi) is 5.14. The van der Waals surface area contributed by atoms with Crippen molar-refractivity contribution in [2.45, 2.75) is 38.6 Å². The van der Waals surface area contributed by atoms with Gasteiger partial charge in [0.05, 0.1) is 6.54 Å². The number of halogens is 1. The van der Waals surface area contributed by atoms with E-state index in [4.69, 9.17) is 0 Å². The molecular formula is C18H19BrN2O3. The Balaban J connectivity index is 1.66. The lowest BCUT2D eigenvalue weighted by molar-refractivity contribution is -0.143. The molecular weight excluding hydrogens is 372 g/mol. The number of hydrogen-bond acceptors (Lipinski definition) is 3. The SMILES string of the molecule is O=C1C(=O)N(Cc2ccc(Br)cc2)C(=O)N1CCC1=CCCCC1. The smallest absolute Gasteiger partial charge is 0.263 e. The van der Waals surface area contributed by atoms with Gasteiger partial charge in [-0.25, -0.2) is 4.79 Å². The summed E-state index contributed by atoms with van der Waals surface area (Å²) in [4.78, 5) is 38.8. The Morgan fingerprint density at radius 1 is 0.958 bits per heavy atom. The van der Waals surface area contributed by atoms with Crippen molar-refractivity contribution in [2.75, 3.05) is 6.54 Å². The van der Waals surface area contributed by atoms with Crippen LogP contribution >= 0.6 is 15.9 Å². The molecule has 1 aliphatic heterocycles. The number of hydrogen-bond donors (Lipinski definition) is 0. The van der Waals surface area contributed by atoms with Gasteiger partial charge in [-0.3, -0.25) is 19.4 Å². The van der Waals surface area contributed by atoms with E-state index in [-0.39, 0.29) is 13.1 Å². The fourth-order valence-electron chi connectivity index (χ4n) is 3.05. The summed E-state index contributed by atoms with van der Waals surface area (Å²) in [6, 6.07) is 6.82. The first-order valence-electron chi connectivity index (χ1n) is 8.16. The van der Waals surface area contributed by atoms with Crippen LogP contribution < -0.4 is 0 Å². The first kappa shape index (κ1) is 16.9. The molecule has 126 valence electrons. The molecule has 1 heterocycles. The second kappa shape index (κ2) is 7.30. The molecule has 3 rings (SSSR count). The third-order valence-electron chi connectivity index (χ3n) is 4.43. The summed E-state index contributed by atoms with van der Waals surface area (Å²) in [6.45, 7) is 0.405. The number of nitrogens with zero attached hydrogens (tertiary/aromatic N) is 2. The molecule has 0 bridgehead atoms. The van der Waals surface area contributed by atoms with Gasteiger partial charge >= 0.3 is 17.8 Å². The molecule has 0 spiro atoms. The van der Waals surface area contributed by atoms with E-state index < -0.39 is 17.8 Å². The monoisotopic (exact) mass is 390 g/mol. The summed E-state index contributed by atoms with van der Waals surface area (Å²) in [7, 11) is 0. The summed E-state index contributed by atoms with van der Waals surface area (Å²) in [5.41, 5.74) is 2.09. The van der Waals surface area contributed by atoms with Crippen LogP contribution in [0.25, 0.3) is 0 Å². The van der Waals surface area contributed by atoms with E-state index in [0.29, 0.717) is 6.42 Å². The minimum atomic E-state index is -0.736. The number of carbonyl (C=O) groups excluding carboxylic acids is 3. The van der Waals surface area contributed by atoms with E-state index in [0.717, 1.165) is 39.1 Å². The molecule has 1 aromatic rings. The first-order chi connectivity index (χ1) is 11.6. The number of benzene rings is 1. The van der Waals surface area contributed by atoms with Crippen LogP contribution in [-0.4, -0.2) is 34.2 Å². The maximum absolute atomic E-state index is 12.5. The van der Waals surface area contributed by atoms with Gasteiger partial charge in [0.2, 0.25) is 0 Å². The van der Waals surface area contributed by atoms with E-state index >= 15 is 0 Å². The molecule has 6 heteroatoms. The van der Waals surface area contributed by atoms with Crippen LogP contribution in [0.2, 0.25) is 0 Å². The maximum atomic E-state index is 12.5. The number of imide groups is 2. The van der Waals surface area contributed by atoms with Crippen molar-refractivity contribution in [1.29, 1.82) is 0 Å². The van der Waals surface area contributed by atoms with Crippen LogP contribution in [0, 0.1) is 0 Å². The van der Waals surface area contributed by atoms with Crippen molar-refractivity contribution in [3.63, 3.8) is 0 Å². The Bertz CT molecular complexity index is 697. The van der Waals surface area contributed by atoms with Gasteiger partial charge < -0.3 is 0 Å². The zero-order valence-electron chi connectivity index (χ0n) is 13.3. The summed E-state index contributed by atoms with van der Waals surface area (Å²) >= 11 is 3.34. The highest BCUT2D eigenvalue weighted by Gasteiger charge is 2.43. The minimum absolute atomic E-state index is 0.121. The highest BCUT2D eigenvalue weighted by atomic mass is 79.9. The Morgan fingerprint density at radius 2 is 1.67 bits per heavy atom. The molecule has 1 aromatic carbocycles. The highest BCUT2D eigenvalue weighted by Crippen LogP contribution is 2.23. The first-order valence-corrected chi connectivity index (χ1v) is 8.95. The van der Waals surface area contributed by atoms with Gasteiger partial charge in [0.15, 0.2) is 0 Å². The molecule has 0 aromatic heterocycles. The average molecular weight is 391 g/mol. The van der Waals surface area contributed by atoms with E-state index in [9.17, 15) is 14.4 Å². The van der Waals surface area contributed by atoms with E-state index in [1.807, 2.05) is 24.3 Å². The largest absolute Gasteiger partial charge is 0.334 e. The number of allylic oxidation sites excluding steroid dienone is 1. The van der Waals surface area contributed by atoms with Crippen LogP contribution in [-0.2, 0) is 16.1 Å². The average Bonchev–Trinajstić information content (AvgIpc) is 2.79. The molecule has 1 saturated heterocycles. The molecule has 0 N–H and O–H groups in total. The maximum Gasteiger partial charge on any atom is 0.334 e. The van der Waals surface area contributed by atoms with Crippen LogP contribution in [0.15, 0.2) is 40.4 Å². The van der Waals surface area contributed by atoms with Crippen molar-refractivity contribution >= 4 is 33.8 Å². The Hall–Kier alpha value is -1.95. The lowest BCUT2D eigenvalue weighted by Crippen LogP contribution is -2.34. The Labute approximate surface area is 149 Å². The van der Waals surface area contributed by atoms with Crippen molar-refractivity contribution in [3.05, 3.63) is 46.0 Å². The van der Waals surface area contributed by atoms with Crippen LogP contribution in [0.4, 0.5) is 4.79 Å². The van der Waals surface area contributed by atoms with Crippen LogP contribution in [0.5, 0.6) is 0 Å². The molecule has 1 aliphatic carbocycles. The van der Waals surface area contributed by atoms with Gasteiger partial charge in [-0.2, -0.15) is 0 Å². The third-order valence-corrected chi connectivity index (χ3v) is 4.96. The normalized spacial score (nSPS) is 18.4. The van der Waals surface area contributed by atoms with E-state index in [1.165, 1.54) is 12.0 Å². The van der Waals surface area contributed by atoms with Gasteiger partial charge in [0.25, 0.3) is 0 Å². The zero-order chi connectivity index (χ0) is 17.1. The number of urea groups is 1. The van der Waals surface area contributed by atoms with Crippen molar-refractivity contribution < 1.29 is 14.4 Å². The number of carbonyl (C=O) groups is 3. The lowest BCUT2D eigenvalue weighted by Gasteiger charge is -2.18. The van der Waals surface area contributed by atoms with Gasteiger partial charge in [0.1, 0.15) is 0 Å². The molecule has 0 radical (unpaired) electrons. The summed E-state index contributed by atoms with van der Waals surface area (Å²) in [5, 5.41) is 0. The van der Waals surface area contributed by atoms with Crippen molar-refractivity contribution in [1.82, 2.24) is 9.80 Å². The Morgan fingerprint density at radius 3 is 2.33 bits per heavy atom. The molecule has 24 heavy (non-hydrogen) atoms. The predicted octanol–water partition coefficient (Wildman–Crippen LogP) is 3.63. The summed E-state index contributed by atoms with van der Waals surface area (Å²) in [5.74, 6) is -1.45. The fourth-order valence-corrected chi connectivity index (χ4v) is 3.31. The minimum Gasteiger partial charge on any atom is -0.263 e. The van der Waals surface area contributed by atoms with E-state index in [1.54, 1.807) is 0 Å². The number of rotatable bonds is 5. The highest BCUT2D eigenvalue weighted by molar-refractivity contribution is 9.10. The molecule has 0 atom stereocenters. The molecule has 0 unspecified atom stereocenters. The molecule has 4 amide bonds. The standard InChI is InChI=1S/C18H19BrN2O3/c19-15-8-6-14(7-9-15)12-21-17(23)16(22)20(18(21)24)11-10-13-4-2-1-3-5-13/h4,6-9H,1-3,5,10-12H2. The molecule has 0 saturated carbocycles. The summed E-state index contributed by atoms with van der Waals surface area (Å²) < 4.78 is 0.920. The molecule has 5 nitrogen and oxygen atoms in total. The van der Waals surface area contributed by atoms with Crippen molar-refractivity contribution in [3.8, 4) is 0 Å². The predicted molar refractivity (Wildman–Crippen MR) is 93.0 cm³/mol. The van der Waals surface area contributed by atoms with Gasteiger partial charge in [0, 0.05) is 11.0 Å². The number of amides is 4. The second-order valence-corrected chi connectivity index (χ2v) is 7.03. The van der Waals surface area contributed by atoms with Crippen molar-refractivity contribution in [2.24, 2.45) is 0 Å². The van der Waals surface area contributed by atoms with Gasteiger partial charge in [-0.05, 0) is 49.8 Å². The topological polar surface area (TPSA) is 57.7 Å². The third kappa shape index (κ3) is 3.59. The van der Waals surface area contributed by atoms with Crippen LogP contribution in [0.1, 0.15) is 37.7 Å². The molecule has 1 fully saturated rings. The van der Waals surface area contributed by atoms with Crippen LogP contribution in [0.3, 0.4) is 0 Å². The molecule has 2 aliphatic rings. The zero-order valence-corrected chi connectivity index (χ0v) is 14.9. The van der Waals surface area contributed by atoms with E-state index in [2.05, 4.69) is 22.0 Å². The summed E-state index contributed by atoms with van der Waals surface area (Å²) in [6.07, 6.45) is 7.29. The van der Waals surface area contributed by atoms with Gasteiger partial charge in [-0.1, -0.05) is 39.7 Å². The fraction of sp³-hybridized carbons (Fsp3) is 0.389. The quantitative estimate of drug-likeness (QED) is 0.438. The van der Waals surface area contributed by atoms with Gasteiger partial charge in [-0.15, -0.1) is 0 Å². The lowest BCUT2D eigenvalue weighted by atomic mass is 9.97. The second-order valence-electron chi connectivity index (χ2n) is 6.12.